The zero-order valence-electron chi connectivity index (χ0n) is 10.6. The molecule has 2 rings (SSSR count). The Balaban J connectivity index is 1.85. The van der Waals surface area contributed by atoms with Crippen LogP contribution in [0.4, 0.5) is 0 Å². The van der Waals surface area contributed by atoms with Crippen LogP contribution >= 0.6 is 11.3 Å². The van der Waals surface area contributed by atoms with E-state index in [1.807, 2.05) is 12.1 Å². The molecule has 18 heavy (non-hydrogen) atoms. The molecule has 0 fully saturated rings. The molecule has 2 aromatic rings. The molecule has 3 heteroatoms. The van der Waals surface area contributed by atoms with E-state index in [4.69, 9.17) is 5.11 Å². The molecule has 1 aromatic carbocycles. The Bertz CT molecular complexity index is 467. The third-order valence-corrected chi connectivity index (χ3v) is 3.97. The second kappa shape index (κ2) is 6.69. The summed E-state index contributed by atoms with van der Waals surface area (Å²) in [5.74, 6) is 0. The van der Waals surface area contributed by atoms with E-state index in [0.29, 0.717) is 6.04 Å². The molecule has 0 saturated carbocycles. The van der Waals surface area contributed by atoms with Gasteiger partial charge < -0.3 is 10.4 Å². The van der Waals surface area contributed by atoms with Crippen LogP contribution in [0.15, 0.2) is 41.8 Å². The Morgan fingerprint density at radius 1 is 1.28 bits per heavy atom. The number of aliphatic hydroxyl groups excluding tert-OH is 1. The van der Waals surface area contributed by atoms with Gasteiger partial charge in [0.15, 0.2) is 0 Å². The van der Waals surface area contributed by atoms with Crippen LogP contribution in [0.5, 0.6) is 0 Å². The van der Waals surface area contributed by atoms with Gasteiger partial charge in [-0.1, -0.05) is 30.3 Å². The predicted octanol–water partition coefficient (Wildman–Crippen LogP) is 3.13. The van der Waals surface area contributed by atoms with Gasteiger partial charge >= 0.3 is 0 Å². The van der Waals surface area contributed by atoms with Gasteiger partial charge in [-0.3, -0.25) is 0 Å². The predicted molar refractivity (Wildman–Crippen MR) is 76.8 cm³/mol. The first-order chi connectivity index (χ1) is 8.79. The number of aliphatic hydroxyl groups is 1. The molecular weight excluding hydrogens is 242 g/mol. The fourth-order valence-electron chi connectivity index (χ4n) is 1.95. The Hall–Kier alpha value is -1.16. The highest BCUT2D eigenvalue weighted by Crippen LogP contribution is 2.15. The van der Waals surface area contributed by atoms with Gasteiger partial charge in [-0.15, -0.1) is 11.3 Å². The van der Waals surface area contributed by atoms with E-state index in [-0.39, 0.29) is 6.61 Å². The molecule has 2 nitrogen and oxygen atoms in total. The Morgan fingerprint density at radius 2 is 2.17 bits per heavy atom. The van der Waals surface area contributed by atoms with Crippen molar-refractivity contribution in [3.63, 3.8) is 0 Å². The maximum absolute atomic E-state index is 9.13. The molecule has 2 N–H and O–H groups in total. The molecule has 0 aliphatic rings. The molecule has 1 atom stereocenters. The lowest BCUT2D eigenvalue weighted by Crippen LogP contribution is -2.21. The first kappa shape index (κ1) is 13.3. The molecule has 0 spiro atoms. The van der Waals surface area contributed by atoms with Crippen molar-refractivity contribution in [2.75, 3.05) is 6.54 Å². The minimum atomic E-state index is 0.107. The lowest BCUT2D eigenvalue weighted by atomic mass is 10.1. The summed E-state index contributed by atoms with van der Waals surface area (Å²) < 4.78 is 0. The van der Waals surface area contributed by atoms with Crippen LogP contribution in [-0.2, 0) is 13.0 Å². The molecule has 0 aliphatic carbocycles. The molecule has 1 heterocycles. The van der Waals surface area contributed by atoms with Crippen molar-refractivity contribution in [3.8, 4) is 0 Å². The summed E-state index contributed by atoms with van der Waals surface area (Å²) >= 11 is 1.80. The largest absolute Gasteiger partial charge is 0.392 e. The summed E-state index contributed by atoms with van der Waals surface area (Å²) in [5.41, 5.74) is 2.20. The number of hydrogen-bond donors (Lipinski definition) is 2. The molecular formula is C15H19NOS. The van der Waals surface area contributed by atoms with Crippen LogP contribution in [0.2, 0.25) is 0 Å². The maximum Gasteiger partial charge on any atom is 0.0681 e. The number of nitrogens with one attached hydrogen (secondary N) is 1. The van der Waals surface area contributed by atoms with Gasteiger partial charge in [-0.2, -0.15) is 0 Å². The zero-order valence-corrected chi connectivity index (χ0v) is 11.4. The fraction of sp³-hybridized carbons (Fsp3) is 0.333. The monoisotopic (exact) mass is 261 g/mol. The van der Waals surface area contributed by atoms with Crippen LogP contribution < -0.4 is 5.32 Å². The highest BCUT2D eigenvalue weighted by atomic mass is 32.1. The van der Waals surface area contributed by atoms with Crippen molar-refractivity contribution < 1.29 is 5.11 Å². The molecule has 0 bridgehead atoms. The second-order valence-electron chi connectivity index (χ2n) is 4.41. The van der Waals surface area contributed by atoms with Crippen molar-refractivity contribution in [3.05, 3.63) is 57.8 Å². The summed E-state index contributed by atoms with van der Waals surface area (Å²) in [4.78, 5) is 1.42. The normalized spacial score (nSPS) is 12.6. The van der Waals surface area contributed by atoms with Gasteiger partial charge in [-0.05, 0) is 35.9 Å². The van der Waals surface area contributed by atoms with Crippen molar-refractivity contribution in [2.45, 2.75) is 26.0 Å². The first-order valence-electron chi connectivity index (χ1n) is 6.25. The average Bonchev–Trinajstić information content (AvgIpc) is 2.92. The van der Waals surface area contributed by atoms with E-state index < -0.39 is 0 Å². The average molecular weight is 261 g/mol. The second-order valence-corrected chi connectivity index (χ2v) is 5.44. The van der Waals surface area contributed by atoms with Crippen LogP contribution in [0, 0.1) is 0 Å². The van der Waals surface area contributed by atoms with Crippen molar-refractivity contribution >= 4 is 11.3 Å². The van der Waals surface area contributed by atoms with Crippen molar-refractivity contribution in [1.82, 2.24) is 5.32 Å². The number of rotatable bonds is 6. The van der Waals surface area contributed by atoms with Crippen LogP contribution in [0.25, 0.3) is 0 Å². The first-order valence-corrected chi connectivity index (χ1v) is 7.13. The van der Waals surface area contributed by atoms with Gasteiger partial charge in [0.25, 0.3) is 0 Å². The van der Waals surface area contributed by atoms with Crippen molar-refractivity contribution in [2.24, 2.45) is 0 Å². The molecule has 0 aliphatic heterocycles. The number of benzene rings is 1. The van der Waals surface area contributed by atoms with Gasteiger partial charge in [0.2, 0.25) is 0 Å². The number of thiophene rings is 1. The summed E-state index contributed by atoms with van der Waals surface area (Å²) in [5, 5.41) is 14.8. The Kier molecular flexibility index (Phi) is 4.93. The third kappa shape index (κ3) is 3.67. The highest BCUT2D eigenvalue weighted by Gasteiger charge is 2.05. The third-order valence-electron chi connectivity index (χ3n) is 3.04. The molecule has 0 radical (unpaired) electrons. The fourth-order valence-corrected chi connectivity index (χ4v) is 2.65. The van der Waals surface area contributed by atoms with Gasteiger partial charge in [0, 0.05) is 17.5 Å². The highest BCUT2D eigenvalue weighted by molar-refractivity contribution is 7.09. The standard InChI is InChI=1S/C15H19NOS/c1-12(14-5-2-4-13(10-14)11-17)16-8-7-15-6-3-9-18-15/h2-6,9-10,12,16-17H,7-8,11H2,1H3. The minimum Gasteiger partial charge on any atom is -0.392 e. The van der Waals surface area contributed by atoms with Gasteiger partial charge in [-0.25, -0.2) is 0 Å². The summed E-state index contributed by atoms with van der Waals surface area (Å²) in [7, 11) is 0. The Morgan fingerprint density at radius 3 is 2.89 bits per heavy atom. The molecule has 1 unspecified atom stereocenters. The summed E-state index contributed by atoms with van der Waals surface area (Å²) in [6.07, 6.45) is 1.07. The van der Waals surface area contributed by atoms with E-state index in [0.717, 1.165) is 18.5 Å². The van der Waals surface area contributed by atoms with E-state index >= 15 is 0 Å². The van der Waals surface area contributed by atoms with Crippen LogP contribution in [0.3, 0.4) is 0 Å². The summed E-state index contributed by atoms with van der Waals surface area (Å²) in [6, 6.07) is 12.7. The maximum atomic E-state index is 9.13. The van der Waals surface area contributed by atoms with Crippen molar-refractivity contribution in [1.29, 1.82) is 0 Å². The lowest BCUT2D eigenvalue weighted by molar-refractivity contribution is 0.281. The smallest absolute Gasteiger partial charge is 0.0681 e. The lowest BCUT2D eigenvalue weighted by Gasteiger charge is -2.14. The van der Waals surface area contributed by atoms with E-state index in [1.54, 1.807) is 11.3 Å². The minimum absolute atomic E-state index is 0.107. The quantitative estimate of drug-likeness (QED) is 0.837. The molecule has 0 amide bonds. The zero-order chi connectivity index (χ0) is 12.8. The summed E-state index contributed by atoms with van der Waals surface area (Å²) in [6.45, 7) is 3.24. The van der Waals surface area contributed by atoms with E-state index in [2.05, 4.69) is 41.9 Å². The molecule has 96 valence electrons. The van der Waals surface area contributed by atoms with Crippen LogP contribution in [0.1, 0.15) is 29.0 Å². The van der Waals surface area contributed by atoms with E-state index in [1.165, 1.54) is 10.4 Å². The van der Waals surface area contributed by atoms with E-state index in [9.17, 15) is 0 Å². The van der Waals surface area contributed by atoms with Gasteiger partial charge in [0.05, 0.1) is 6.61 Å². The van der Waals surface area contributed by atoms with Crippen LogP contribution in [-0.4, -0.2) is 11.7 Å². The SMILES string of the molecule is CC(NCCc1cccs1)c1cccc(CO)c1. The Labute approximate surface area is 112 Å². The number of hydrogen-bond acceptors (Lipinski definition) is 3. The topological polar surface area (TPSA) is 32.3 Å². The molecule has 0 saturated heterocycles. The molecule has 1 aromatic heterocycles. The van der Waals surface area contributed by atoms with Gasteiger partial charge in [0.1, 0.15) is 0 Å².